The van der Waals surface area contributed by atoms with Crippen molar-refractivity contribution in [3.8, 4) is 0 Å². The highest BCUT2D eigenvalue weighted by atomic mass is 35.5. The van der Waals surface area contributed by atoms with E-state index in [1.807, 2.05) is 37.3 Å². The van der Waals surface area contributed by atoms with Gasteiger partial charge in [0.15, 0.2) is 0 Å². The fraction of sp³-hybridized carbons (Fsp3) is 0.200. The molecule has 1 atom stereocenters. The molecular formula is C15H14ClNO2S. The van der Waals surface area contributed by atoms with Gasteiger partial charge in [-0.05, 0) is 36.2 Å². The Morgan fingerprint density at radius 1 is 1.10 bits per heavy atom. The van der Waals surface area contributed by atoms with Crippen LogP contribution in [0.4, 0.5) is 0 Å². The molecule has 0 bridgehead atoms. The van der Waals surface area contributed by atoms with Gasteiger partial charge in [0.05, 0.1) is 10.4 Å². The summed E-state index contributed by atoms with van der Waals surface area (Å²) in [7, 11) is -1.86. The van der Waals surface area contributed by atoms with E-state index in [-0.39, 0.29) is 0 Å². The van der Waals surface area contributed by atoms with Crippen molar-refractivity contribution in [1.29, 1.82) is 0 Å². The Bertz CT molecular complexity index is 788. The molecule has 0 amide bonds. The van der Waals surface area contributed by atoms with Crippen molar-refractivity contribution in [3.05, 3.63) is 64.7 Å². The molecule has 1 aliphatic heterocycles. The van der Waals surface area contributed by atoms with E-state index in [1.165, 1.54) is 4.31 Å². The number of sulfonamides is 1. The minimum atomic E-state index is -3.46. The van der Waals surface area contributed by atoms with Gasteiger partial charge in [-0.3, -0.25) is 0 Å². The average molecular weight is 308 g/mol. The van der Waals surface area contributed by atoms with E-state index in [1.54, 1.807) is 25.2 Å². The third-order valence-corrected chi connectivity index (χ3v) is 6.30. The van der Waals surface area contributed by atoms with Crippen molar-refractivity contribution in [2.24, 2.45) is 0 Å². The molecule has 1 heterocycles. The highest BCUT2D eigenvalue weighted by Crippen LogP contribution is 2.47. The second-order valence-electron chi connectivity index (χ2n) is 5.05. The van der Waals surface area contributed by atoms with Crippen LogP contribution in [-0.4, -0.2) is 19.8 Å². The Hall–Kier alpha value is -1.36. The van der Waals surface area contributed by atoms with Gasteiger partial charge in [-0.1, -0.05) is 41.9 Å². The summed E-state index contributed by atoms with van der Waals surface area (Å²) >= 11 is 6.06. The van der Waals surface area contributed by atoms with E-state index in [4.69, 9.17) is 11.6 Å². The van der Waals surface area contributed by atoms with Crippen LogP contribution in [0.15, 0.2) is 53.4 Å². The Kier molecular flexibility index (Phi) is 2.94. The maximum Gasteiger partial charge on any atom is 0.244 e. The lowest BCUT2D eigenvalue weighted by Crippen LogP contribution is -2.39. The average Bonchev–Trinajstić information content (AvgIpc) is 2.60. The lowest BCUT2D eigenvalue weighted by Gasteiger charge is -2.32. The van der Waals surface area contributed by atoms with E-state index in [0.717, 1.165) is 11.1 Å². The maximum absolute atomic E-state index is 12.6. The zero-order valence-electron chi connectivity index (χ0n) is 11.2. The third-order valence-electron chi connectivity index (χ3n) is 4.07. The predicted molar refractivity (Wildman–Crippen MR) is 79.3 cm³/mol. The smallest absolute Gasteiger partial charge is 0.207 e. The SMILES string of the molecule is CN1C(C)(c2cccc(Cl)c2)c2ccccc2S1(=O)=O. The van der Waals surface area contributed by atoms with Gasteiger partial charge < -0.3 is 0 Å². The summed E-state index contributed by atoms with van der Waals surface area (Å²) in [4.78, 5) is 0.366. The van der Waals surface area contributed by atoms with Crippen LogP contribution in [0.2, 0.25) is 5.02 Å². The van der Waals surface area contributed by atoms with Gasteiger partial charge in [-0.2, -0.15) is 4.31 Å². The number of fused-ring (bicyclic) bond motifs is 1. The van der Waals surface area contributed by atoms with E-state index in [0.29, 0.717) is 9.92 Å². The summed E-state index contributed by atoms with van der Waals surface area (Å²) in [6.45, 7) is 1.90. The van der Waals surface area contributed by atoms with Crippen molar-refractivity contribution < 1.29 is 8.42 Å². The lowest BCUT2D eigenvalue weighted by atomic mass is 9.85. The minimum Gasteiger partial charge on any atom is -0.207 e. The molecule has 0 saturated carbocycles. The number of nitrogens with zero attached hydrogens (tertiary/aromatic N) is 1. The molecule has 0 aromatic heterocycles. The van der Waals surface area contributed by atoms with Crippen LogP contribution < -0.4 is 0 Å². The Balaban J connectivity index is 2.34. The molecule has 0 spiro atoms. The van der Waals surface area contributed by atoms with Gasteiger partial charge >= 0.3 is 0 Å². The third kappa shape index (κ3) is 1.65. The highest BCUT2D eigenvalue weighted by Gasteiger charge is 2.49. The highest BCUT2D eigenvalue weighted by molar-refractivity contribution is 7.89. The molecule has 1 aliphatic rings. The summed E-state index contributed by atoms with van der Waals surface area (Å²) in [6, 6.07) is 14.4. The number of rotatable bonds is 1. The van der Waals surface area contributed by atoms with E-state index in [9.17, 15) is 8.42 Å². The summed E-state index contributed by atoms with van der Waals surface area (Å²) in [5.74, 6) is 0. The summed E-state index contributed by atoms with van der Waals surface area (Å²) in [6.07, 6.45) is 0. The predicted octanol–water partition coefficient (Wildman–Crippen LogP) is 3.24. The normalized spacial score (nSPS) is 24.6. The van der Waals surface area contributed by atoms with Crippen molar-refractivity contribution in [2.45, 2.75) is 17.4 Å². The lowest BCUT2D eigenvalue weighted by molar-refractivity contribution is 0.315. The molecule has 0 saturated heterocycles. The summed E-state index contributed by atoms with van der Waals surface area (Å²) in [5, 5.41) is 0.596. The summed E-state index contributed by atoms with van der Waals surface area (Å²) in [5.41, 5.74) is 0.908. The number of benzene rings is 2. The van der Waals surface area contributed by atoms with Crippen molar-refractivity contribution in [3.63, 3.8) is 0 Å². The molecule has 0 aliphatic carbocycles. The largest absolute Gasteiger partial charge is 0.244 e. The van der Waals surface area contributed by atoms with Gasteiger partial charge in [0.25, 0.3) is 0 Å². The molecule has 0 fully saturated rings. The van der Waals surface area contributed by atoms with Crippen molar-refractivity contribution in [2.75, 3.05) is 7.05 Å². The van der Waals surface area contributed by atoms with Gasteiger partial charge in [0.1, 0.15) is 0 Å². The second kappa shape index (κ2) is 4.32. The van der Waals surface area contributed by atoms with E-state index < -0.39 is 15.6 Å². The summed E-state index contributed by atoms with van der Waals surface area (Å²) < 4.78 is 26.5. The van der Waals surface area contributed by atoms with Crippen molar-refractivity contribution >= 4 is 21.6 Å². The first kappa shape index (κ1) is 13.6. The van der Waals surface area contributed by atoms with Gasteiger partial charge in [-0.15, -0.1) is 0 Å². The second-order valence-corrected chi connectivity index (χ2v) is 7.43. The molecule has 2 aromatic rings. The quantitative estimate of drug-likeness (QED) is 0.811. The Morgan fingerprint density at radius 2 is 1.80 bits per heavy atom. The molecule has 20 heavy (non-hydrogen) atoms. The molecule has 0 N–H and O–H groups in total. The first-order valence-electron chi connectivity index (χ1n) is 6.23. The first-order chi connectivity index (χ1) is 9.38. The molecule has 3 rings (SSSR count). The monoisotopic (exact) mass is 307 g/mol. The molecule has 2 aromatic carbocycles. The maximum atomic E-state index is 12.6. The zero-order chi connectivity index (χ0) is 14.5. The van der Waals surface area contributed by atoms with Crippen LogP contribution in [0.3, 0.4) is 0 Å². The Labute approximate surface area is 123 Å². The standard InChI is InChI=1S/C15H14ClNO2S/c1-15(11-6-5-7-12(16)10-11)13-8-3-4-9-14(13)20(18,19)17(15)2/h3-10H,1-2H3. The van der Waals surface area contributed by atoms with Crippen LogP contribution in [0.1, 0.15) is 18.1 Å². The number of hydrogen-bond acceptors (Lipinski definition) is 2. The first-order valence-corrected chi connectivity index (χ1v) is 8.05. The van der Waals surface area contributed by atoms with Crippen LogP contribution in [0.25, 0.3) is 0 Å². The molecule has 3 nitrogen and oxygen atoms in total. The van der Waals surface area contributed by atoms with Gasteiger partial charge in [-0.25, -0.2) is 8.42 Å². The van der Waals surface area contributed by atoms with Gasteiger partial charge in [0.2, 0.25) is 10.0 Å². The molecule has 1 unspecified atom stereocenters. The fourth-order valence-electron chi connectivity index (χ4n) is 2.78. The van der Waals surface area contributed by atoms with Gasteiger partial charge in [0, 0.05) is 12.1 Å². The molecule has 0 radical (unpaired) electrons. The van der Waals surface area contributed by atoms with Crippen LogP contribution in [0, 0.1) is 0 Å². The minimum absolute atomic E-state index is 0.366. The topological polar surface area (TPSA) is 37.4 Å². The van der Waals surface area contributed by atoms with Crippen LogP contribution in [0.5, 0.6) is 0 Å². The zero-order valence-corrected chi connectivity index (χ0v) is 12.7. The van der Waals surface area contributed by atoms with Crippen molar-refractivity contribution in [1.82, 2.24) is 4.31 Å². The van der Waals surface area contributed by atoms with E-state index in [2.05, 4.69) is 0 Å². The molecule has 5 heteroatoms. The molecule has 104 valence electrons. The van der Waals surface area contributed by atoms with E-state index >= 15 is 0 Å². The van der Waals surface area contributed by atoms with Crippen LogP contribution in [-0.2, 0) is 15.6 Å². The number of hydrogen-bond donors (Lipinski definition) is 0. The van der Waals surface area contributed by atoms with Crippen LogP contribution >= 0.6 is 11.6 Å². The Morgan fingerprint density at radius 3 is 2.50 bits per heavy atom. The molecular weight excluding hydrogens is 294 g/mol. The number of halogens is 1. The fourth-order valence-corrected chi connectivity index (χ4v) is 4.74.